The van der Waals surface area contributed by atoms with E-state index in [4.69, 9.17) is 30.5 Å². The third-order valence-corrected chi connectivity index (χ3v) is 6.95. The van der Waals surface area contributed by atoms with E-state index in [0.717, 1.165) is 19.3 Å². The zero-order valence-electron chi connectivity index (χ0n) is 22.7. The maximum Gasteiger partial charge on any atom is 1.00 e. The number of carbonyl (C=O) groups excluding carboxylic acids is 1. The van der Waals surface area contributed by atoms with Crippen LogP contribution in [-0.4, -0.2) is 30.9 Å². The van der Waals surface area contributed by atoms with Crippen LogP contribution in [0.15, 0.2) is 30.3 Å². The molecule has 0 aliphatic carbocycles. The molecule has 34 heavy (non-hydrogen) atoms. The van der Waals surface area contributed by atoms with E-state index in [9.17, 15) is 4.79 Å². The Morgan fingerprint density at radius 1 is 0.912 bits per heavy atom. The molecule has 0 N–H and O–H groups in total. The van der Waals surface area contributed by atoms with Crippen LogP contribution in [0.5, 0.6) is 23.0 Å². The minimum Gasteiger partial charge on any atom is -1.00 e. The molecule has 0 saturated carbocycles. The van der Waals surface area contributed by atoms with Crippen LogP contribution in [0.1, 0.15) is 72.6 Å². The van der Waals surface area contributed by atoms with Crippen molar-refractivity contribution in [3.8, 4) is 23.0 Å². The van der Waals surface area contributed by atoms with Gasteiger partial charge in [-0.2, -0.15) is 0 Å². The van der Waals surface area contributed by atoms with Crippen LogP contribution < -0.4 is 43.1 Å². The Hall–Kier alpha value is -1.37. The summed E-state index contributed by atoms with van der Waals surface area (Å²) in [5.41, 5.74) is 0.222. The van der Waals surface area contributed by atoms with E-state index in [1.54, 1.807) is 18.2 Å². The molecular formula is C26H37ClLiO5P. The van der Waals surface area contributed by atoms with Crippen molar-refractivity contribution in [2.24, 2.45) is 0 Å². The summed E-state index contributed by atoms with van der Waals surface area (Å²) in [6.45, 7) is 12.2. The molecule has 8 heteroatoms. The normalized spacial score (nSPS) is 13.6. The quantitative estimate of drug-likeness (QED) is 0.304. The van der Waals surface area contributed by atoms with Gasteiger partial charge in [0.05, 0.1) is 41.3 Å². The molecule has 2 aromatic carbocycles. The topological polar surface area (TPSA) is 54.0 Å². The van der Waals surface area contributed by atoms with Crippen LogP contribution in [-0.2, 0) is 0 Å². The van der Waals surface area contributed by atoms with E-state index in [1.807, 2.05) is 32.9 Å². The molecule has 4 unspecified atom stereocenters. The summed E-state index contributed by atoms with van der Waals surface area (Å²) in [7, 11) is 1.26. The fourth-order valence-corrected chi connectivity index (χ4v) is 4.38. The van der Waals surface area contributed by atoms with Gasteiger partial charge in [-0.1, -0.05) is 38.4 Å². The molecule has 4 atom stereocenters. The molecule has 0 amide bonds. The van der Waals surface area contributed by atoms with Gasteiger partial charge in [0.25, 0.3) is 0 Å². The molecule has 0 saturated heterocycles. The fraction of sp³-hybridized carbons (Fsp3) is 0.500. The largest absolute Gasteiger partial charge is 1.00 e. The average Bonchev–Trinajstić information content (AvgIpc) is 2.80. The van der Waals surface area contributed by atoms with E-state index >= 15 is 0 Å². The number of carbonyl (C=O) groups is 1. The van der Waals surface area contributed by atoms with Crippen LogP contribution >= 0.6 is 20.2 Å². The maximum absolute atomic E-state index is 13.4. The van der Waals surface area contributed by atoms with Crippen molar-refractivity contribution < 1.29 is 44.0 Å². The maximum atomic E-state index is 13.4. The number of halogens is 1. The molecule has 0 radical (unpaired) electrons. The number of hydrogen-bond acceptors (Lipinski definition) is 5. The van der Waals surface area contributed by atoms with Gasteiger partial charge in [0.1, 0.15) is 23.0 Å². The average molecular weight is 503 g/mol. The van der Waals surface area contributed by atoms with Gasteiger partial charge in [-0.3, -0.25) is 4.79 Å². The van der Waals surface area contributed by atoms with Gasteiger partial charge in [0, 0.05) is 12.1 Å². The van der Waals surface area contributed by atoms with Gasteiger partial charge >= 0.3 is 18.9 Å². The number of benzene rings is 2. The minimum atomic E-state index is -0.265. The van der Waals surface area contributed by atoms with Crippen LogP contribution in [0.2, 0.25) is 5.02 Å². The molecule has 0 aliphatic heterocycles. The summed E-state index contributed by atoms with van der Waals surface area (Å²) in [5.74, 6) is 2.31. The van der Waals surface area contributed by atoms with E-state index in [1.165, 1.54) is 7.11 Å². The first-order chi connectivity index (χ1) is 15.7. The Kier molecular flexibility index (Phi) is 13.4. The van der Waals surface area contributed by atoms with Gasteiger partial charge in [0.2, 0.25) is 0 Å². The molecule has 0 heterocycles. The summed E-state index contributed by atoms with van der Waals surface area (Å²) < 4.78 is 24.0. The summed E-state index contributed by atoms with van der Waals surface area (Å²) in [5, 5.41) is 1.07. The number of rotatable bonds is 13. The molecule has 0 spiro atoms. The summed E-state index contributed by atoms with van der Waals surface area (Å²) in [4.78, 5) is 13.4. The predicted octanol–water partition coefficient (Wildman–Crippen LogP) is 4.14. The molecule has 0 fully saturated rings. The van der Waals surface area contributed by atoms with Crippen molar-refractivity contribution in [3.05, 3.63) is 40.9 Å². The monoisotopic (exact) mass is 502 g/mol. The van der Waals surface area contributed by atoms with Gasteiger partial charge in [-0.25, -0.2) is 0 Å². The summed E-state index contributed by atoms with van der Waals surface area (Å²) >= 11 is 6.38. The van der Waals surface area contributed by atoms with Gasteiger partial charge in [0.15, 0.2) is 5.52 Å². The first-order valence-electron chi connectivity index (χ1n) is 11.6. The Labute approximate surface area is 224 Å². The van der Waals surface area contributed by atoms with Crippen molar-refractivity contribution in [2.45, 2.75) is 79.1 Å². The molecule has 0 bridgehead atoms. The number of hydrogen-bond donors (Lipinski definition) is 0. The molecule has 2 aromatic rings. The minimum absolute atomic E-state index is 0. The van der Waals surface area contributed by atoms with Crippen LogP contribution in [0.3, 0.4) is 0 Å². The van der Waals surface area contributed by atoms with E-state index in [-0.39, 0.29) is 52.7 Å². The van der Waals surface area contributed by atoms with Crippen molar-refractivity contribution in [1.82, 2.24) is 0 Å². The van der Waals surface area contributed by atoms with E-state index in [2.05, 4.69) is 20.8 Å². The van der Waals surface area contributed by atoms with Crippen molar-refractivity contribution in [3.63, 3.8) is 0 Å². The molecule has 5 nitrogen and oxygen atoms in total. The fourth-order valence-electron chi connectivity index (χ4n) is 2.93. The van der Waals surface area contributed by atoms with Crippen molar-refractivity contribution >= 4 is 31.0 Å². The Morgan fingerprint density at radius 2 is 1.41 bits per heavy atom. The standard InChI is InChI=1S/C26H36ClO5P.Li.H/c1-8-16(4)30-19-14-22(31-17(5)9-2)25(23(15-19)32-18(6)10-3)33-26(28)24-20(27)12-11-13-21(24)29-7;;/h11-18,33H,8-10H2,1-7H3;;/q;+1;-1. The summed E-state index contributed by atoms with van der Waals surface area (Å²) in [6.07, 6.45) is 2.50. The van der Waals surface area contributed by atoms with Crippen molar-refractivity contribution in [1.29, 1.82) is 0 Å². The zero-order chi connectivity index (χ0) is 24.5. The first-order valence-corrected chi connectivity index (χ1v) is 12.9. The van der Waals surface area contributed by atoms with Crippen LogP contribution in [0.4, 0.5) is 0 Å². The van der Waals surface area contributed by atoms with E-state index < -0.39 is 0 Å². The molecule has 0 aromatic heterocycles. The van der Waals surface area contributed by atoms with Crippen molar-refractivity contribution in [2.75, 3.05) is 7.11 Å². The van der Waals surface area contributed by atoms with E-state index in [0.29, 0.717) is 38.9 Å². The second kappa shape index (κ2) is 14.9. The molecule has 0 aliphatic rings. The van der Waals surface area contributed by atoms with Gasteiger partial charge in [-0.15, -0.1) is 0 Å². The number of methoxy groups -OCH3 is 1. The smallest absolute Gasteiger partial charge is 1.00 e. The Bertz CT molecular complexity index is 913. The molecule has 184 valence electrons. The first kappa shape index (κ1) is 30.7. The molecule has 2 rings (SSSR count). The Balaban J connectivity index is 0.00000578. The second-order valence-electron chi connectivity index (χ2n) is 8.08. The summed E-state index contributed by atoms with van der Waals surface area (Å²) in [6, 6.07) is 8.91. The zero-order valence-corrected chi connectivity index (χ0v) is 23.4. The SMILES string of the molecule is CCC(C)Oc1cc(OC(C)CC)c(PC(=O)c2c(Cl)cccc2OC)c(OC(C)CC)c1.[H-].[Li+]. The van der Waals surface area contributed by atoms with Crippen LogP contribution in [0, 0.1) is 0 Å². The second-order valence-corrected chi connectivity index (χ2v) is 9.69. The predicted molar refractivity (Wildman–Crippen MR) is 139 cm³/mol. The third-order valence-electron chi connectivity index (χ3n) is 5.42. The van der Waals surface area contributed by atoms with Crippen LogP contribution in [0.25, 0.3) is 0 Å². The van der Waals surface area contributed by atoms with Gasteiger partial charge in [-0.05, 0) is 60.7 Å². The van der Waals surface area contributed by atoms with Gasteiger partial charge < -0.3 is 20.4 Å². The Morgan fingerprint density at radius 3 is 1.88 bits per heavy atom. The molecular weight excluding hydrogens is 466 g/mol. The number of ether oxygens (including phenoxy) is 4. The third kappa shape index (κ3) is 8.38.